The Morgan fingerprint density at radius 3 is 2.66 bits per heavy atom. The molecule has 3 aromatic rings. The van der Waals surface area contributed by atoms with Crippen molar-refractivity contribution in [2.75, 3.05) is 24.8 Å². The fourth-order valence-electron chi connectivity index (χ4n) is 3.88. The quantitative estimate of drug-likeness (QED) is 0.303. The molecular weight excluding hydrogens is 464 g/mol. The molecule has 0 aliphatic carbocycles. The lowest BCUT2D eigenvalue weighted by molar-refractivity contribution is -0.139. The zero-order chi connectivity index (χ0) is 24.8. The number of anilines is 1. The van der Waals surface area contributed by atoms with Crippen molar-refractivity contribution in [2.24, 2.45) is 0 Å². The molecule has 1 N–H and O–H groups in total. The van der Waals surface area contributed by atoms with E-state index in [1.165, 1.54) is 0 Å². The molecule has 1 atom stereocenters. The van der Waals surface area contributed by atoms with Gasteiger partial charge in [0.05, 0.1) is 19.3 Å². The monoisotopic (exact) mass is 494 g/mol. The molecule has 0 saturated heterocycles. The summed E-state index contributed by atoms with van der Waals surface area (Å²) in [5, 5.41) is 8.56. The zero-order valence-electron chi connectivity index (χ0n) is 20.4. The van der Waals surface area contributed by atoms with E-state index in [-0.39, 0.29) is 5.97 Å². The molecule has 0 saturated carbocycles. The molecule has 8 nitrogen and oxygen atoms in total. The normalized spacial score (nSPS) is 14.8. The van der Waals surface area contributed by atoms with Crippen molar-refractivity contribution in [3.05, 3.63) is 70.9 Å². The van der Waals surface area contributed by atoms with Gasteiger partial charge >= 0.3 is 5.97 Å². The Balaban J connectivity index is 1.71. The summed E-state index contributed by atoms with van der Waals surface area (Å²) in [5.74, 6) is 2.23. The molecule has 0 bridgehead atoms. The van der Waals surface area contributed by atoms with Gasteiger partial charge in [0, 0.05) is 5.70 Å². The molecule has 1 aliphatic rings. The minimum atomic E-state index is -0.522. The number of nitrogens with one attached hydrogen (secondary N) is 1. The van der Waals surface area contributed by atoms with Crippen molar-refractivity contribution in [3.63, 3.8) is 0 Å². The van der Waals surface area contributed by atoms with E-state index in [0.29, 0.717) is 47.1 Å². The van der Waals surface area contributed by atoms with Gasteiger partial charge in [-0.2, -0.15) is 4.98 Å². The standard InChI is InChI=1S/C26H30N4O4S/c1-5-14-33-24(31)22-17(3)27-25-28-26(35-6-2)29-30(25)23(22)19-12-13-20(21(15-19)32-4)34-16-18-10-8-7-9-11-18/h7-13,15,23H,5-6,14,16H2,1-4H3,(H,27,28,29). The molecule has 0 fully saturated rings. The fourth-order valence-corrected chi connectivity index (χ4v) is 4.43. The van der Waals surface area contributed by atoms with Gasteiger partial charge in [-0.3, -0.25) is 0 Å². The lowest BCUT2D eigenvalue weighted by Crippen LogP contribution is -2.29. The highest BCUT2D eigenvalue weighted by atomic mass is 32.2. The minimum Gasteiger partial charge on any atom is -0.493 e. The smallest absolute Gasteiger partial charge is 0.338 e. The molecule has 0 spiro atoms. The first kappa shape index (κ1) is 24.7. The Morgan fingerprint density at radius 1 is 1.14 bits per heavy atom. The van der Waals surface area contributed by atoms with Crippen molar-refractivity contribution in [3.8, 4) is 11.5 Å². The first-order valence-corrected chi connectivity index (χ1v) is 12.6. The topological polar surface area (TPSA) is 87.5 Å². The van der Waals surface area contributed by atoms with Gasteiger partial charge < -0.3 is 19.5 Å². The lowest BCUT2D eigenvalue weighted by atomic mass is 9.95. The van der Waals surface area contributed by atoms with Gasteiger partial charge in [-0.05, 0) is 42.4 Å². The van der Waals surface area contributed by atoms with Gasteiger partial charge in [0.25, 0.3) is 0 Å². The predicted octanol–water partition coefficient (Wildman–Crippen LogP) is 5.22. The molecule has 9 heteroatoms. The van der Waals surface area contributed by atoms with Crippen LogP contribution in [0.1, 0.15) is 44.4 Å². The summed E-state index contributed by atoms with van der Waals surface area (Å²) in [6.07, 6.45) is 0.739. The van der Waals surface area contributed by atoms with Crippen LogP contribution in [0, 0.1) is 0 Å². The number of nitrogens with zero attached hydrogens (tertiary/aromatic N) is 3. The number of rotatable bonds is 10. The summed E-state index contributed by atoms with van der Waals surface area (Å²) >= 11 is 1.54. The molecular formula is C26H30N4O4S. The number of benzene rings is 2. The van der Waals surface area contributed by atoms with Crippen LogP contribution in [0.25, 0.3) is 0 Å². The van der Waals surface area contributed by atoms with Gasteiger partial charge in [-0.25, -0.2) is 9.48 Å². The largest absolute Gasteiger partial charge is 0.493 e. The maximum atomic E-state index is 13.1. The molecule has 184 valence electrons. The lowest BCUT2D eigenvalue weighted by Gasteiger charge is -2.28. The maximum absolute atomic E-state index is 13.1. The van der Waals surface area contributed by atoms with E-state index < -0.39 is 6.04 Å². The van der Waals surface area contributed by atoms with E-state index in [4.69, 9.17) is 19.3 Å². The second-order valence-electron chi connectivity index (χ2n) is 7.98. The van der Waals surface area contributed by atoms with E-state index in [1.54, 1.807) is 23.6 Å². The van der Waals surface area contributed by atoms with Crippen LogP contribution in [0.3, 0.4) is 0 Å². The van der Waals surface area contributed by atoms with Gasteiger partial charge in [0.15, 0.2) is 11.5 Å². The molecule has 4 rings (SSSR count). The second kappa shape index (κ2) is 11.3. The first-order valence-electron chi connectivity index (χ1n) is 11.6. The number of fused-ring (bicyclic) bond motifs is 1. The molecule has 1 unspecified atom stereocenters. The van der Waals surface area contributed by atoms with Crippen LogP contribution >= 0.6 is 11.8 Å². The van der Waals surface area contributed by atoms with E-state index in [1.807, 2.05) is 69.3 Å². The van der Waals surface area contributed by atoms with Gasteiger partial charge in [-0.1, -0.05) is 62.0 Å². The summed E-state index contributed by atoms with van der Waals surface area (Å²) in [4.78, 5) is 17.7. The molecule has 2 heterocycles. The summed E-state index contributed by atoms with van der Waals surface area (Å²) in [6, 6.07) is 15.1. The van der Waals surface area contributed by atoms with Crippen LogP contribution < -0.4 is 14.8 Å². The third kappa shape index (κ3) is 5.45. The highest BCUT2D eigenvalue weighted by Gasteiger charge is 2.35. The number of allylic oxidation sites excluding steroid dienone is 1. The fraction of sp³-hybridized carbons (Fsp3) is 0.346. The number of hydrogen-bond acceptors (Lipinski definition) is 8. The molecule has 35 heavy (non-hydrogen) atoms. The van der Waals surface area contributed by atoms with E-state index in [2.05, 4.69) is 10.3 Å². The Hall–Kier alpha value is -3.46. The number of hydrogen-bond donors (Lipinski definition) is 1. The number of esters is 1. The molecule has 1 aromatic heterocycles. The average Bonchev–Trinajstić information content (AvgIpc) is 3.27. The van der Waals surface area contributed by atoms with Gasteiger partial charge in [-0.15, -0.1) is 5.10 Å². The van der Waals surface area contributed by atoms with Crippen molar-refractivity contribution in [1.29, 1.82) is 0 Å². The number of thioether (sulfide) groups is 1. The second-order valence-corrected chi connectivity index (χ2v) is 9.21. The minimum absolute atomic E-state index is 0.346. The Kier molecular flexibility index (Phi) is 7.97. The molecule has 0 radical (unpaired) electrons. The van der Waals surface area contributed by atoms with Crippen LogP contribution in [0.2, 0.25) is 0 Å². The predicted molar refractivity (Wildman–Crippen MR) is 136 cm³/mol. The van der Waals surface area contributed by atoms with Crippen LogP contribution in [0.4, 0.5) is 5.95 Å². The van der Waals surface area contributed by atoms with E-state index >= 15 is 0 Å². The van der Waals surface area contributed by atoms with Crippen molar-refractivity contribution in [1.82, 2.24) is 14.8 Å². The zero-order valence-corrected chi connectivity index (χ0v) is 21.2. The highest BCUT2D eigenvalue weighted by molar-refractivity contribution is 7.99. The van der Waals surface area contributed by atoms with Crippen LogP contribution in [-0.2, 0) is 16.1 Å². The number of ether oxygens (including phenoxy) is 3. The van der Waals surface area contributed by atoms with E-state index in [9.17, 15) is 4.79 Å². The van der Waals surface area contributed by atoms with Crippen molar-refractivity contribution >= 4 is 23.7 Å². The molecule has 0 amide bonds. The SMILES string of the molecule is CCCOC(=O)C1=C(C)Nc2nc(SCC)nn2C1c1ccc(OCc2ccccc2)c(OC)c1. The Labute approximate surface area is 209 Å². The number of aromatic nitrogens is 3. The van der Waals surface area contributed by atoms with E-state index in [0.717, 1.165) is 23.3 Å². The highest BCUT2D eigenvalue weighted by Crippen LogP contribution is 2.40. The van der Waals surface area contributed by atoms with Crippen LogP contribution in [0.5, 0.6) is 11.5 Å². The van der Waals surface area contributed by atoms with Gasteiger partial charge in [0.2, 0.25) is 11.1 Å². The third-order valence-electron chi connectivity index (χ3n) is 5.50. The number of carbonyl (C=O) groups excluding carboxylic acids is 1. The van der Waals surface area contributed by atoms with Crippen LogP contribution in [-0.4, -0.2) is 40.2 Å². The van der Waals surface area contributed by atoms with Crippen molar-refractivity contribution < 1.29 is 19.0 Å². The summed E-state index contributed by atoms with van der Waals surface area (Å²) < 4.78 is 19.0. The summed E-state index contributed by atoms with van der Waals surface area (Å²) in [5.41, 5.74) is 3.05. The maximum Gasteiger partial charge on any atom is 0.338 e. The van der Waals surface area contributed by atoms with Crippen molar-refractivity contribution in [2.45, 2.75) is 45.0 Å². The summed E-state index contributed by atoms with van der Waals surface area (Å²) in [7, 11) is 1.60. The van der Waals surface area contributed by atoms with Crippen LogP contribution in [0.15, 0.2) is 65.0 Å². The van der Waals surface area contributed by atoms with Gasteiger partial charge in [0.1, 0.15) is 12.6 Å². The number of methoxy groups -OCH3 is 1. The molecule has 2 aromatic carbocycles. The third-order valence-corrected chi connectivity index (χ3v) is 6.22. The summed E-state index contributed by atoms with van der Waals surface area (Å²) in [6.45, 7) is 6.63. The Morgan fingerprint density at radius 2 is 1.94 bits per heavy atom. The number of carbonyl (C=O) groups is 1. The Bertz CT molecular complexity index is 1210. The first-order chi connectivity index (χ1) is 17.0. The molecule has 1 aliphatic heterocycles. The average molecular weight is 495 g/mol.